The highest BCUT2D eigenvalue weighted by atomic mass is 79.9. The van der Waals surface area contributed by atoms with Crippen LogP contribution < -0.4 is 0 Å². The second-order valence-electron chi connectivity index (χ2n) is 2.54. The number of halogens is 4. The van der Waals surface area contributed by atoms with E-state index in [-0.39, 0.29) is 16.6 Å². The van der Waals surface area contributed by atoms with Crippen LogP contribution in [0.2, 0.25) is 0 Å². The maximum atomic E-state index is 13.1. The summed E-state index contributed by atoms with van der Waals surface area (Å²) in [7, 11) is 0. The minimum Gasteiger partial charge on any atom is -0.252 e. The van der Waals surface area contributed by atoms with Crippen LogP contribution in [0, 0.1) is 12.7 Å². The lowest BCUT2D eigenvalue weighted by molar-refractivity contribution is 0.144. The van der Waals surface area contributed by atoms with Gasteiger partial charge in [-0.25, -0.2) is 13.2 Å². The van der Waals surface area contributed by atoms with Crippen LogP contribution in [-0.4, -0.2) is 4.98 Å². The molecule has 1 heterocycles. The van der Waals surface area contributed by atoms with Crippen molar-refractivity contribution in [1.29, 1.82) is 0 Å². The standard InChI is InChI=1S/C8H7BrF3N/c1-4-2-6(10)5(3-9)7(13-4)8(11)12/h2,8H,3H2,1H3. The Balaban J connectivity index is 3.29. The maximum absolute atomic E-state index is 13.1. The zero-order valence-corrected chi connectivity index (χ0v) is 8.41. The van der Waals surface area contributed by atoms with E-state index >= 15 is 0 Å². The van der Waals surface area contributed by atoms with Gasteiger partial charge in [-0.2, -0.15) is 0 Å². The van der Waals surface area contributed by atoms with Gasteiger partial charge in [0.05, 0.1) is 0 Å². The molecule has 0 amide bonds. The van der Waals surface area contributed by atoms with Gasteiger partial charge < -0.3 is 0 Å². The Bertz CT molecular complexity index is 315. The average molecular weight is 254 g/mol. The highest BCUT2D eigenvalue weighted by molar-refractivity contribution is 9.08. The number of rotatable bonds is 2. The summed E-state index contributed by atoms with van der Waals surface area (Å²) in [5.41, 5.74) is -0.285. The molecule has 0 radical (unpaired) electrons. The third kappa shape index (κ3) is 2.21. The zero-order chi connectivity index (χ0) is 10.0. The lowest BCUT2D eigenvalue weighted by atomic mass is 10.2. The zero-order valence-electron chi connectivity index (χ0n) is 6.82. The molecule has 0 unspecified atom stereocenters. The van der Waals surface area contributed by atoms with E-state index in [1.54, 1.807) is 0 Å². The van der Waals surface area contributed by atoms with Crippen molar-refractivity contribution < 1.29 is 13.2 Å². The third-order valence-corrected chi connectivity index (χ3v) is 2.13. The Morgan fingerprint density at radius 2 is 2.15 bits per heavy atom. The van der Waals surface area contributed by atoms with Gasteiger partial charge in [0.2, 0.25) is 0 Å². The van der Waals surface area contributed by atoms with E-state index in [1.165, 1.54) is 6.92 Å². The molecule has 13 heavy (non-hydrogen) atoms. The van der Waals surface area contributed by atoms with Gasteiger partial charge in [0.1, 0.15) is 11.5 Å². The third-order valence-electron chi connectivity index (χ3n) is 1.57. The predicted molar refractivity (Wildman–Crippen MR) is 46.5 cm³/mol. The Labute approximate surface area is 82.1 Å². The quantitative estimate of drug-likeness (QED) is 0.737. The van der Waals surface area contributed by atoms with Crippen LogP contribution in [0.3, 0.4) is 0 Å². The molecule has 1 aromatic heterocycles. The second kappa shape index (κ2) is 4.09. The van der Waals surface area contributed by atoms with E-state index in [0.717, 1.165) is 6.07 Å². The number of nitrogens with zero attached hydrogens (tertiary/aromatic N) is 1. The number of aromatic nitrogens is 1. The van der Waals surface area contributed by atoms with Crippen LogP contribution in [0.5, 0.6) is 0 Å². The van der Waals surface area contributed by atoms with Crippen molar-refractivity contribution in [2.45, 2.75) is 18.7 Å². The van der Waals surface area contributed by atoms with Crippen LogP contribution >= 0.6 is 15.9 Å². The summed E-state index contributed by atoms with van der Waals surface area (Å²) in [4.78, 5) is 3.58. The fourth-order valence-electron chi connectivity index (χ4n) is 0.995. The molecular weight excluding hydrogens is 247 g/mol. The van der Waals surface area contributed by atoms with Crippen LogP contribution in [0.15, 0.2) is 6.07 Å². The summed E-state index contributed by atoms with van der Waals surface area (Å²) in [6.45, 7) is 1.48. The molecule has 0 fully saturated rings. The first-order chi connectivity index (χ1) is 6.06. The van der Waals surface area contributed by atoms with Gasteiger partial charge in [-0.1, -0.05) is 15.9 Å². The molecule has 0 aliphatic rings. The van der Waals surface area contributed by atoms with Gasteiger partial charge in [0.15, 0.2) is 0 Å². The van der Waals surface area contributed by atoms with Crippen molar-refractivity contribution in [3.63, 3.8) is 0 Å². The molecule has 0 spiro atoms. The van der Waals surface area contributed by atoms with Crippen molar-refractivity contribution in [2.24, 2.45) is 0 Å². The van der Waals surface area contributed by atoms with Crippen LogP contribution in [0.25, 0.3) is 0 Å². The van der Waals surface area contributed by atoms with Crippen molar-refractivity contribution in [3.8, 4) is 0 Å². The van der Waals surface area contributed by atoms with Crippen molar-refractivity contribution in [3.05, 3.63) is 28.8 Å². The molecule has 0 atom stereocenters. The topological polar surface area (TPSA) is 12.9 Å². The Hall–Kier alpha value is -0.580. The summed E-state index contributed by atoms with van der Waals surface area (Å²) in [5, 5.41) is 0.0474. The normalized spacial score (nSPS) is 10.9. The molecule has 72 valence electrons. The maximum Gasteiger partial charge on any atom is 0.280 e. The average Bonchev–Trinajstić information content (AvgIpc) is 2.02. The summed E-state index contributed by atoms with van der Waals surface area (Å²) < 4.78 is 37.7. The van der Waals surface area contributed by atoms with Crippen LogP contribution in [0.4, 0.5) is 13.2 Å². The first-order valence-electron chi connectivity index (χ1n) is 3.56. The van der Waals surface area contributed by atoms with Gasteiger partial charge in [-0.15, -0.1) is 0 Å². The monoisotopic (exact) mass is 253 g/mol. The molecule has 1 aromatic rings. The van der Waals surface area contributed by atoms with E-state index in [4.69, 9.17) is 0 Å². The Morgan fingerprint density at radius 1 is 1.54 bits per heavy atom. The van der Waals surface area contributed by atoms with Gasteiger partial charge in [-0.3, -0.25) is 4.98 Å². The summed E-state index contributed by atoms with van der Waals surface area (Å²) in [6.07, 6.45) is -2.73. The van der Waals surface area contributed by atoms with E-state index in [9.17, 15) is 13.2 Å². The minimum atomic E-state index is -2.73. The molecule has 5 heteroatoms. The SMILES string of the molecule is Cc1cc(F)c(CBr)c(C(F)F)n1. The first-order valence-corrected chi connectivity index (χ1v) is 4.68. The molecule has 1 rings (SSSR count). The molecule has 0 N–H and O–H groups in total. The first kappa shape index (κ1) is 10.5. The summed E-state index contributed by atoms with van der Waals surface area (Å²) >= 11 is 2.94. The molecule has 0 saturated carbocycles. The summed E-state index contributed by atoms with van der Waals surface area (Å²) in [5.74, 6) is -0.639. The van der Waals surface area contributed by atoms with E-state index in [2.05, 4.69) is 20.9 Å². The highest BCUT2D eigenvalue weighted by Gasteiger charge is 2.18. The van der Waals surface area contributed by atoms with Gasteiger partial charge in [-0.05, 0) is 13.0 Å². The molecule has 0 aromatic carbocycles. The molecular formula is C8H7BrF3N. The fraction of sp³-hybridized carbons (Fsp3) is 0.375. The van der Waals surface area contributed by atoms with Crippen LogP contribution in [-0.2, 0) is 5.33 Å². The van der Waals surface area contributed by atoms with Gasteiger partial charge in [0, 0.05) is 16.6 Å². The van der Waals surface area contributed by atoms with Crippen molar-refractivity contribution in [2.75, 3.05) is 0 Å². The minimum absolute atomic E-state index is 0.0474. The van der Waals surface area contributed by atoms with Crippen molar-refractivity contribution in [1.82, 2.24) is 4.98 Å². The van der Waals surface area contributed by atoms with E-state index in [1.807, 2.05) is 0 Å². The molecule has 0 aliphatic heterocycles. The number of hydrogen-bond acceptors (Lipinski definition) is 1. The number of hydrogen-bond donors (Lipinski definition) is 0. The van der Waals surface area contributed by atoms with Gasteiger partial charge >= 0.3 is 0 Å². The summed E-state index contributed by atoms with van der Waals surface area (Å²) in [6, 6.07) is 1.14. The number of alkyl halides is 3. The predicted octanol–water partition coefficient (Wildman–Crippen LogP) is 3.36. The van der Waals surface area contributed by atoms with Crippen molar-refractivity contribution >= 4 is 15.9 Å². The smallest absolute Gasteiger partial charge is 0.252 e. The Kier molecular flexibility index (Phi) is 3.30. The van der Waals surface area contributed by atoms with Gasteiger partial charge in [0.25, 0.3) is 6.43 Å². The van der Waals surface area contributed by atoms with Crippen LogP contribution in [0.1, 0.15) is 23.4 Å². The number of aryl methyl sites for hydroxylation is 1. The largest absolute Gasteiger partial charge is 0.280 e. The second-order valence-corrected chi connectivity index (χ2v) is 3.10. The molecule has 0 saturated heterocycles. The lowest BCUT2D eigenvalue weighted by Gasteiger charge is -2.07. The molecule has 0 aliphatic carbocycles. The highest BCUT2D eigenvalue weighted by Crippen LogP contribution is 2.25. The number of pyridine rings is 1. The Morgan fingerprint density at radius 3 is 2.62 bits per heavy atom. The fourth-order valence-corrected chi connectivity index (χ4v) is 1.55. The van der Waals surface area contributed by atoms with E-state index < -0.39 is 17.9 Å². The van der Waals surface area contributed by atoms with E-state index in [0.29, 0.717) is 0 Å². The molecule has 0 bridgehead atoms. The lowest BCUT2D eigenvalue weighted by Crippen LogP contribution is -2.02. The molecule has 1 nitrogen and oxygen atoms in total.